The van der Waals surface area contributed by atoms with E-state index in [9.17, 15) is 0 Å². The second-order valence-electron chi connectivity index (χ2n) is 0. The molecule has 0 amide bonds. The van der Waals surface area contributed by atoms with Crippen LogP contribution in [-0.2, 0) is 64.5 Å². The molecule has 16 valence electrons. The second-order valence-corrected chi connectivity index (χ2v) is 0. The molecule has 0 bridgehead atoms. The van der Waals surface area contributed by atoms with Gasteiger partial charge in [0.1, 0.15) is 0 Å². The summed E-state index contributed by atoms with van der Waals surface area (Å²) in [5, 5.41) is 0. The summed E-state index contributed by atoms with van der Waals surface area (Å²) in [7, 11) is 0. The molecular weight excluding hydrogens is 525 g/mol. The molecule has 4 heteroatoms. The van der Waals surface area contributed by atoms with E-state index in [1.165, 1.54) is 0 Å². The Labute approximate surface area is 90.0 Å². The Bertz CT molecular complexity index is 8.00. The van der Waals surface area contributed by atoms with E-state index in [1.54, 1.807) is 0 Å². The maximum absolute atomic E-state index is 0. The van der Waals surface area contributed by atoms with Gasteiger partial charge >= 0.3 is 27.3 Å². The monoisotopic (exact) mass is 528 g/mol. The topological polar surface area (TPSA) is 0 Å². The van der Waals surface area contributed by atoms with Gasteiger partial charge in [0.15, 0.2) is 0 Å². The zero-order valence-corrected chi connectivity index (χ0v) is 17.8. The Morgan fingerprint density at radius 2 is 1.00 bits per heavy atom. The summed E-state index contributed by atoms with van der Waals surface area (Å²) in [5.74, 6) is 0. The third-order valence-electron chi connectivity index (χ3n) is 0. The van der Waals surface area contributed by atoms with Crippen molar-refractivity contribution in [1.29, 1.82) is 0 Å². The van der Waals surface area contributed by atoms with Crippen LogP contribution in [0.1, 0.15) is 0 Å². The van der Waals surface area contributed by atoms with Gasteiger partial charge in [-0.15, -0.1) is 0 Å². The third-order valence-corrected chi connectivity index (χ3v) is 0. The maximum Gasteiger partial charge on any atom is 0 e. The second kappa shape index (κ2) is 16.6. The average molecular weight is 527 g/mol. The van der Waals surface area contributed by atoms with E-state index in [0.717, 1.165) is 0 Å². The van der Waals surface area contributed by atoms with Crippen LogP contribution in [0.3, 0.4) is 0 Å². The summed E-state index contributed by atoms with van der Waals surface area (Å²) in [6, 6.07) is 0. The molecule has 4 heavy (non-hydrogen) atoms. The summed E-state index contributed by atoms with van der Waals surface area (Å²) in [6.45, 7) is 0. The molecule has 0 spiro atoms. The Kier molecular flexibility index (Phi) is 116. The fourth-order valence-corrected chi connectivity index (χ4v) is 0. The largest absolute Gasteiger partial charge is 0 e. The molecule has 0 fully saturated rings. The Morgan fingerprint density at radius 3 is 1.00 bits per heavy atom. The Balaban J connectivity index is 0. The van der Waals surface area contributed by atoms with Gasteiger partial charge in [-0.1, -0.05) is 0 Å². The molecule has 0 nitrogen and oxygen atoms in total. The van der Waals surface area contributed by atoms with Gasteiger partial charge in [-0.25, -0.2) is 0 Å². The average Bonchev–Trinajstić information content (AvgIpc) is 0. The molecule has 0 aliphatic rings. The number of rotatable bonds is 0. The van der Waals surface area contributed by atoms with Crippen molar-refractivity contribution in [3.63, 3.8) is 0 Å². The van der Waals surface area contributed by atoms with Crippen LogP contribution in [0.4, 0.5) is 0 Å². The summed E-state index contributed by atoms with van der Waals surface area (Å²) in [6.07, 6.45) is 0. The van der Waals surface area contributed by atoms with Crippen molar-refractivity contribution < 1.29 is 64.5 Å². The molecular formula is H2CrHgPbZn. The molecule has 0 rings (SSSR count). The maximum atomic E-state index is 0. The van der Waals surface area contributed by atoms with Crippen molar-refractivity contribution in [2.75, 3.05) is 0 Å². The molecule has 0 atom stereocenters. The van der Waals surface area contributed by atoms with Crippen molar-refractivity contribution in [2.24, 2.45) is 0 Å². The predicted molar refractivity (Wildman–Crippen MR) is 8.54 cm³/mol. The van der Waals surface area contributed by atoms with Crippen molar-refractivity contribution >= 4 is 27.3 Å². The van der Waals surface area contributed by atoms with Crippen molar-refractivity contribution in [3.8, 4) is 0 Å². The summed E-state index contributed by atoms with van der Waals surface area (Å²) >= 11 is 0. The molecule has 0 aromatic carbocycles. The van der Waals surface area contributed by atoms with Crippen LogP contribution < -0.4 is 0 Å². The fraction of sp³-hybridized carbons (Fsp3) is 0. The molecule has 0 aliphatic heterocycles. The van der Waals surface area contributed by atoms with Crippen LogP contribution in [0, 0.1) is 0 Å². The minimum Gasteiger partial charge on any atom is 0 e. The standard InChI is InChI=1S/Cr.Hg.Pb.Zn.2H. The van der Waals surface area contributed by atoms with E-state index in [2.05, 4.69) is 0 Å². The Hall–Kier alpha value is 3.01. The van der Waals surface area contributed by atoms with Crippen LogP contribution in [0.2, 0.25) is 0 Å². The van der Waals surface area contributed by atoms with Gasteiger partial charge in [0.25, 0.3) is 0 Å². The zero-order valence-electron chi connectivity index (χ0n) is 2.53. The first-order valence-corrected chi connectivity index (χ1v) is 0. The molecule has 0 unspecified atom stereocenters. The van der Waals surface area contributed by atoms with Crippen molar-refractivity contribution in [3.05, 3.63) is 0 Å². The minimum absolute atomic E-state index is 0. The molecule has 0 saturated heterocycles. The predicted octanol–water partition coefficient (Wildman–Crippen LogP) is -0.924. The summed E-state index contributed by atoms with van der Waals surface area (Å²) in [4.78, 5) is 0. The van der Waals surface area contributed by atoms with Crippen LogP contribution >= 0.6 is 0 Å². The van der Waals surface area contributed by atoms with Gasteiger partial charge in [0, 0.05) is 64.5 Å². The van der Waals surface area contributed by atoms with Gasteiger partial charge in [0.2, 0.25) is 0 Å². The van der Waals surface area contributed by atoms with Gasteiger partial charge in [-0.05, 0) is 0 Å². The molecule has 2 radical (unpaired) electrons. The number of hydrogen-bond donors (Lipinski definition) is 0. The fourth-order valence-electron chi connectivity index (χ4n) is 0. The normalized spacial score (nSPS) is 0. The molecule has 0 aliphatic carbocycles. The van der Waals surface area contributed by atoms with Gasteiger partial charge in [-0.2, -0.15) is 0 Å². The SMILES string of the molecule is [Cr].[Hg].[PbH2].[Zn]. The van der Waals surface area contributed by atoms with E-state index in [0.29, 0.717) is 0 Å². The van der Waals surface area contributed by atoms with E-state index in [4.69, 9.17) is 0 Å². The van der Waals surface area contributed by atoms with E-state index in [-0.39, 0.29) is 91.8 Å². The first-order valence-electron chi connectivity index (χ1n) is 0. The Morgan fingerprint density at radius 1 is 1.00 bits per heavy atom. The van der Waals surface area contributed by atoms with Gasteiger partial charge < -0.3 is 0 Å². The molecule has 0 N–H and O–H groups in total. The number of hydrogen-bond acceptors (Lipinski definition) is 0. The molecule has 0 heterocycles. The smallest absolute Gasteiger partial charge is 0 e. The quantitative estimate of drug-likeness (QED) is 0.358. The van der Waals surface area contributed by atoms with Crippen LogP contribution in [-0.4, -0.2) is 27.3 Å². The van der Waals surface area contributed by atoms with Crippen molar-refractivity contribution in [1.82, 2.24) is 0 Å². The first-order chi connectivity index (χ1) is 0. The van der Waals surface area contributed by atoms with E-state index < -0.39 is 0 Å². The van der Waals surface area contributed by atoms with Crippen molar-refractivity contribution in [2.45, 2.75) is 0 Å². The van der Waals surface area contributed by atoms with Gasteiger partial charge in [-0.3, -0.25) is 0 Å². The zero-order chi connectivity index (χ0) is 0. The molecule has 0 aromatic heterocycles. The third kappa shape index (κ3) is 8.89. The van der Waals surface area contributed by atoms with Crippen LogP contribution in [0.5, 0.6) is 0 Å². The van der Waals surface area contributed by atoms with Crippen LogP contribution in [0.25, 0.3) is 0 Å². The molecule has 0 saturated carbocycles. The van der Waals surface area contributed by atoms with Crippen LogP contribution in [0.15, 0.2) is 0 Å². The van der Waals surface area contributed by atoms with E-state index >= 15 is 0 Å². The van der Waals surface area contributed by atoms with Gasteiger partial charge in [0.05, 0.1) is 0 Å². The van der Waals surface area contributed by atoms with E-state index in [1.807, 2.05) is 0 Å². The molecule has 0 aromatic rings. The summed E-state index contributed by atoms with van der Waals surface area (Å²) < 4.78 is 0. The summed E-state index contributed by atoms with van der Waals surface area (Å²) in [5.41, 5.74) is 0. The minimum atomic E-state index is 0. The first kappa shape index (κ1) is 27.9.